The highest BCUT2D eigenvalue weighted by Gasteiger charge is 2.47. The van der Waals surface area contributed by atoms with Crippen LogP contribution in [0.25, 0.3) is 0 Å². The largest absolute Gasteiger partial charge is 0.336 e. The summed E-state index contributed by atoms with van der Waals surface area (Å²) in [5.74, 6) is 0.0977. The van der Waals surface area contributed by atoms with Crippen LogP contribution in [0.1, 0.15) is 30.5 Å². The predicted octanol–water partition coefficient (Wildman–Crippen LogP) is 3.24. The van der Waals surface area contributed by atoms with E-state index >= 15 is 0 Å². The van der Waals surface area contributed by atoms with Crippen molar-refractivity contribution < 1.29 is 9.18 Å². The molecule has 0 aliphatic carbocycles. The number of halogens is 1. The van der Waals surface area contributed by atoms with Crippen LogP contribution in [0, 0.1) is 11.2 Å². The van der Waals surface area contributed by atoms with Crippen LogP contribution < -0.4 is 0 Å². The summed E-state index contributed by atoms with van der Waals surface area (Å²) in [5.41, 5.74) is 1.89. The normalized spacial score (nSPS) is 20.0. The van der Waals surface area contributed by atoms with Gasteiger partial charge in [-0.2, -0.15) is 0 Å². The van der Waals surface area contributed by atoms with Crippen LogP contribution >= 0.6 is 0 Å². The molecule has 2 aliphatic heterocycles. The number of carbonyl (C=O) groups excluding carboxylic acids is 1. The van der Waals surface area contributed by atoms with Gasteiger partial charge in [-0.15, -0.1) is 0 Å². The first kappa shape index (κ1) is 17.2. The second-order valence-corrected chi connectivity index (χ2v) is 7.48. The van der Waals surface area contributed by atoms with Crippen molar-refractivity contribution in [3.8, 4) is 0 Å². The van der Waals surface area contributed by atoms with Crippen molar-refractivity contribution in [1.29, 1.82) is 0 Å². The first-order chi connectivity index (χ1) is 12.6. The van der Waals surface area contributed by atoms with E-state index in [0.717, 1.165) is 56.7 Å². The molecule has 2 saturated heterocycles. The molecule has 0 saturated carbocycles. The highest BCUT2D eigenvalue weighted by atomic mass is 19.1. The van der Waals surface area contributed by atoms with Crippen LogP contribution in [0.3, 0.4) is 0 Å². The Morgan fingerprint density at radius 3 is 2.38 bits per heavy atom. The fraction of sp³-hybridized carbons (Fsp3) is 0.429. The zero-order valence-electron chi connectivity index (χ0n) is 14.9. The maximum Gasteiger partial charge on any atom is 0.229 e. The van der Waals surface area contributed by atoms with Gasteiger partial charge >= 0.3 is 0 Å². The van der Waals surface area contributed by atoms with Gasteiger partial charge in [-0.25, -0.2) is 4.39 Å². The molecule has 4 rings (SSSR count). The Bertz CT molecular complexity index is 755. The molecule has 1 aromatic carbocycles. The van der Waals surface area contributed by atoms with E-state index in [4.69, 9.17) is 0 Å². The van der Waals surface area contributed by atoms with Gasteiger partial charge in [0.05, 0.1) is 17.7 Å². The van der Waals surface area contributed by atoms with Gasteiger partial charge in [0.15, 0.2) is 0 Å². The molecular weight excluding hydrogens is 329 g/mol. The Kier molecular flexibility index (Phi) is 4.72. The molecule has 3 heterocycles. The third kappa shape index (κ3) is 3.49. The second-order valence-electron chi connectivity index (χ2n) is 7.48. The van der Waals surface area contributed by atoms with Gasteiger partial charge < -0.3 is 4.90 Å². The Morgan fingerprint density at radius 2 is 1.69 bits per heavy atom. The lowest BCUT2D eigenvalue weighted by Gasteiger charge is -2.38. The summed E-state index contributed by atoms with van der Waals surface area (Å²) in [6.45, 7) is 4.09. The molecule has 1 spiro atoms. The molecular formula is C21H24FN3O. The van der Waals surface area contributed by atoms with E-state index in [1.807, 2.05) is 35.2 Å². The zero-order chi connectivity index (χ0) is 18.0. The molecule has 26 heavy (non-hydrogen) atoms. The Hall–Kier alpha value is -2.27. The van der Waals surface area contributed by atoms with Crippen molar-refractivity contribution in [2.45, 2.75) is 32.4 Å². The molecule has 136 valence electrons. The number of amides is 1. The summed E-state index contributed by atoms with van der Waals surface area (Å²) in [5, 5.41) is 0. The van der Waals surface area contributed by atoms with Crippen molar-refractivity contribution in [2.24, 2.45) is 5.41 Å². The van der Waals surface area contributed by atoms with Crippen LogP contribution in [-0.2, 0) is 17.9 Å². The van der Waals surface area contributed by atoms with Gasteiger partial charge in [0.1, 0.15) is 5.82 Å². The SMILES string of the molecule is O=C1N(Cc2ccccn2)CCC12CCN(Cc1ccc(F)cc1)CC2. The summed E-state index contributed by atoms with van der Waals surface area (Å²) in [7, 11) is 0. The van der Waals surface area contributed by atoms with E-state index in [9.17, 15) is 9.18 Å². The minimum absolute atomic E-state index is 0.186. The first-order valence-electron chi connectivity index (χ1n) is 9.31. The van der Waals surface area contributed by atoms with Gasteiger partial charge in [0, 0.05) is 19.3 Å². The third-order valence-corrected chi connectivity index (χ3v) is 5.81. The first-order valence-corrected chi connectivity index (χ1v) is 9.31. The number of rotatable bonds is 4. The third-order valence-electron chi connectivity index (χ3n) is 5.81. The van der Waals surface area contributed by atoms with Crippen LogP contribution in [0.2, 0.25) is 0 Å². The summed E-state index contributed by atoms with van der Waals surface area (Å²) < 4.78 is 13.0. The molecule has 2 fully saturated rings. The number of carbonyl (C=O) groups is 1. The molecule has 0 unspecified atom stereocenters. The zero-order valence-corrected chi connectivity index (χ0v) is 14.9. The topological polar surface area (TPSA) is 36.4 Å². The number of piperidine rings is 1. The van der Waals surface area contributed by atoms with Crippen molar-refractivity contribution in [2.75, 3.05) is 19.6 Å². The summed E-state index contributed by atoms with van der Waals surface area (Å²) >= 11 is 0. The minimum Gasteiger partial charge on any atom is -0.336 e. The summed E-state index contributed by atoms with van der Waals surface area (Å²) in [4.78, 5) is 21.7. The maximum absolute atomic E-state index is 13.0. The molecule has 1 aromatic heterocycles. The molecule has 0 atom stereocenters. The Balaban J connectivity index is 1.34. The molecule has 5 heteroatoms. The average molecular weight is 353 g/mol. The lowest BCUT2D eigenvalue weighted by Crippen LogP contribution is -2.44. The Labute approximate surface area is 153 Å². The number of hydrogen-bond acceptors (Lipinski definition) is 3. The monoisotopic (exact) mass is 353 g/mol. The van der Waals surface area contributed by atoms with Crippen LogP contribution in [-0.4, -0.2) is 40.3 Å². The van der Waals surface area contributed by atoms with Crippen LogP contribution in [0.4, 0.5) is 4.39 Å². The van der Waals surface area contributed by atoms with E-state index in [2.05, 4.69) is 9.88 Å². The molecule has 2 aromatic rings. The molecule has 2 aliphatic rings. The van der Waals surface area contributed by atoms with E-state index < -0.39 is 0 Å². The van der Waals surface area contributed by atoms with Gasteiger partial charge in [-0.3, -0.25) is 14.7 Å². The number of likely N-dealkylation sites (tertiary alicyclic amines) is 2. The van der Waals surface area contributed by atoms with Crippen molar-refractivity contribution >= 4 is 5.91 Å². The van der Waals surface area contributed by atoms with E-state index in [1.165, 1.54) is 12.1 Å². The minimum atomic E-state index is -0.198. The van der Waals surface area contributed by atoms with Gasteiger partial charge in [-0.1, -0.05) is 18.2 Å². The predicted molar refractivity (Wildman–Crippen MR) is 97.6 cm³/mol. The van der Waals surface area contributed by atoms with Crippen molar-refractivity contribution in [3.05, 3.63) is 65.7 Å². The molecule has 0 N–H and O–H groups in total. The van der Waals surface area contributed by atoms with Crippen LogP contribution in [0.5, 0.6) is 0 Å². The number of hydrogen-bond donors (Lipinski definition) is 0. The Morgan fingerprint density at radius 1 is 0.962 bits per heavy atom. The standard InChI is InChI=1S/C21H24FN3O/c22-18-6-4-17(5-7-18)15-24-12-8-21(9-13-24)10-14-25(20(21)26)16-19-3-1-2-11-23-19/h1-7,11H,8-10,12-16H2. The smallest absolute Gasteiger partial charge is 0.229 e. The van der Waals surface area contributed by atoms with Gasteiger partial charge in [0.25, 0.3) is 0 Å². The number of benzene rings is 1. The summed E-state index contributed by atoms with van der Waals surface area (Å²) in [6.07, 6.45) is 4.54. The maximum atomic E-state index is 13.0. The van der Waals surface area contributed by atoms with Gasteiger partial charge in [-0.05, 0) is 62.2 Å². The molecule has 0 bridgehead atoms. The fourth-order valence-corrected chi connectivity index (χ4v) is 4.18. The lowest BCUT2D eigenvalue weighted by atomic mass is 9.77. The van der Waals surface area contributed by atoms with Gasteiger partial charge in [0.2, 0.25) is 5.91 Å². The summed E-state index contributed by atoms with van der Waals surface area (Å²) in [6, 6.07) is 12.5. The lowest BCUT2D eigenvalue weighted by molar-refractivity contribution is -0.139. The average Bonchev–Trinajstić information content (AvgIpc) is 2.96. The van der Waals surface area contributed by atoms with Crippen molar-refractivity contribution in [1.82, 2.24) is 14.8 Å². The highest BCUT2D eigenvalue weighted by Crippen LogP contribution is 2.42. The molecule has 0 radical (unpaired) electrons. The van der Waals surface area contributed by atoms with Crippen LogP contribution in [0.15, 0.2) is 48.7 Å². The van der Waals surface area contributed by atoms with E-state index in [1.54, 1.807) is 6.20 Å². The van der Waals surface area contributed by atoms with E-state index in [0.29, 0.717) is 12.5 Å². The fourth-order valence-electron chi connectivity index (χ4n) is 4.18. The number of nitrogens with zero attached hydrogens (tertiary/aromatic N) is 3. The van der Waals surface area contributed by atoms with Crippen molar-refractivity contribution in [3.63, 3.8) is 0 Å². The number of aromatic nitrogens is 1. The van der Waals surface area contributed by atoms with E-state index in [-0.39, 0.29) is 11.2 Å². The second kappa shape index (κ2) is 7.16. The highest BCUT2D eigenvalue weighted by molar-refractivity contribution is 5.85. The molecule has 1 amide bonds. The quantitative estimate of drug-likeness (QED) is 0.847. The molecule has 4 nitrogen and oxygen atoms in total. The number of pyridine rings is 1.